The Balaban J connectivity index is 1.91. The topological polar surface area (TPSA) is 29.1 Å². The zero-order valence-electron chi connectivity index (χ0n) is 13.2. The first-order valence-corrected chi connectivity index (χ1v) is 8.22. The minimum Gasteiger partial charge on any atom is -0.309 e. The van der Waals surface area contributed by atoms with Gasteiger partial charge in [-0.15, -0.1) is 0 Å². The van der Waals surface area contributed by atoms with Crippen LogP contribution in [0.5, 0.6) is 0 Å². The van der Waals surface area contributed by atoms with Crippen LogP contribution in [0.2, 0.25) is 0 Å². The number of carbonyl (C=O) groups excluding carboxylic acids is 1. The van der Waals surface area contributed by atoms with E-state index in [1.54, 1.807) is 0 Å². The molecule has 1 N–H and O–H groups in total. The van der Waals surface area contributed by atoms with Crippen molar-refractivity contribution in [1.29, 1.82) is 0 Å². The molecular weight excluding hydrogens is 290 g/mol. The van der Waals surface area contributed by atoms with E-state index in [-0.39, 0.29) is 11.8 Å². The Kier molecular flexibility index (Phi) is 6.22. The van der Waals surface area contributed by atoms with Gasteiger partial charge in [-0.3, -0.25) is 4.79 Å². The van der Waals surface area contributed by atoms with Crippen LogP contribution in [0.15, 0.2) is 54.1 Å². The fourth-order valence-electron chi connectivity index (χ4n) is 2.67. The number of Topliss-reactive ketones (excluding diaryl/α,β-unsaturated/α-hetero) is 1. The Morgan fingerprint density at radius 1 is 1.27 bits per heavy atom. The summed E-state index contributed by atoms with van der Waals surface area (Å²) < 4.78 is 0. The molecule has 1 aliphatic carbocycles. The predicted octanol–water partition coefficient (Wildman–Crippen LogP) is 4.19. The normalized spacial score (nSPS) is 15.8. The molecule has 1 aromatic carbocycles. The van der Waals surface area contributed by atoms with Gasteiger partial charge >= 0.3 is 0 Å². The number of allylic oxidation sites excluding steroid dienone is 4. The maximum absolute atomic E-state index is 12.3. The average molecular weight is 313 g/mol. The van der Waals surface area contributed by atoms with Gasteiger partial charge in [0.25, 0.3) is 0 Å². The second kappa shape index (κ2) is 8.16. The molecule has 0 saturated heterocycles. The highest BCUT2D eigenvalue weighted by Gasteiger charge is 2.18. The second-order valence-electron chi connectivity index (χ2n) is 5.90. The number of benzene rings is 1. The SMILES string of the molecule is CC(C)C(NCCC(=O)C1=CC=CCC1=S)c1ccccc1. The van der Waals surface area contributed by atoms with E-state index >= 15 is 0 Å². The monoisotopic (exact) mass is 313 g/mol. The maximum atomic E-state index is 12.3. The molecule has 2 nitrogen and oxygen atoms in total. The maximum Gasteiger partial charge on any atom is 0.165 e. The van der Waals surface area contributed by atoms with E-state index in [2.05, 4.69) is 43.4 Å². The largest absolute Gasteiger partial charge is 0.309 e. The zero-order valence-corrected chi connectivity index (χ0v) is 14.0. The molecule has 0 heterocycles. The minimum atomic E-state index is 0.136. The Labute approximate surface area is 138 Å². The standard InChI is InChI=1S/C19H23NOS/c1-14(2)19(15-8-4-3-5-9-15)20-13-12-17(21)16-10-6-7-11-18(16)22/h3-10,14,19-20H,11-13H2,1-2H3. The molecule has 0 fully saturated rings. The third-order valence-electron chi connectivity index (χ3n) is 3.84. The van der Waals surface area contributed by atoms with E-state index in [0.717, 1.165) is 4.86 Å². The molecule has 0 bridgehead atoms. The number of nitrogens with one attached hydrogen (secondary N) is 1. The number of thiocarbonyl (C=S) groups is 1. The van der Waals surface area contributed by atoms with Crippen molar-refractivity contribution >= 4 is 22.9 Å². The van der Waals surface area contributed by atoms with Crippen molar-refractivity contribution in [2.45, 2.75) is 32.7 Å². The molecule has 0 aliphatic heterocycles. The second-order valence-corrected chi connectivity index (χ2v) is 6.39. The Morgan fingerprint density at radius 3 is 2.64 bits per heavy atom. The molecular formula is C19H23NOS. The molecule has 1 aliphatic rings. The van der Waals surface area contributed by atoms with Crippen LogP contribution in [0.3, 0.4) is 0 Å². The molecule has 0 aromatic heterocycles. The summed E-state index contributed by atoms with van der Waals surface area (Å²) in [5, 5.41) is 3.51. The third-order valence-corrected chi connectivity index (χ3v) is 4.23. The van der Waals surface area contributed by atoms with Crippen LogP contribution >= 0.6 is 12.2 Å². The summed E-state index contributed by atoms with van der Waals surface area (Å²) in [6.07, 6.45) is 6.93. The first-order chi connectivity index (χ1) is 10.6. The molecule has 22 heavy (non-hydrogen) atoms. The van der Waals surface area contributed by atoms with Crippen molar-refractivity contribution < 1.29 is 4.79 Å². The van der Waals surface area contributed by atoms with E-state index in [4.69, 9.17) is 12.2 Å². The van der Waals surface area contributed by atoms with Gasteiger partial charge in [0.05, 0.1) is 0 Å². The number of rotatable bonds is 7. The van der Waals surface area contributed by atoms with Crippen molar-refractivity contribution in [1.82, 2.24) is 5.32 Å². The lowest BCUT2D eigenvalue weighted by Gasteiger charge is -2.23. The Bertz CT molecular complexity index is 587. The van der Waals surface area contributed by atoms with Crippen LogP contribution in [0.25, 0.3) is 0 Å². The van der Waals surface area contributed by atoms with Crippen LogP contribution in [-0.4, -0.2) is 17.2 Å². The third kappa shape index (κ3) is 4.46. The highest BCUT2D eigenvalue weighted by atomic mass is 32.1. The molecule has 3 heteroatoms. The Morgan fingerprint density at radius 2 is 2.00 bits per heavy atom. The number of carbonyl (C=O) groups is 1. The van der Waals surface area contributed by atoms with Crippen molar-refractivity contribution in [2.75, 3.05) is 6.54 Å². The van der Waals surface area contributed by atoms with Crippen molar-refractivity contribution in [2.24, 2.45) is 5.92 Å². The van der Waals surface area contributed by atoms with Gasteiger partial charge in [0.15, 0.2) is 5.78 Å². The lowest BCUT2D eigenvalue weighted by molar-refractivity contribution is -0.115. The van der Waals surface area contributed by atoms with Crippen LogP contribution in [0, 0.1) is 5.92 Å². The summed E-state index contributed by atoms with van der Waals surface area (Å²) in [6.45, 7) is 5.05. The fraction of sp³-hybridized carbons (Fsp3) is 0.368. The van der Waals surface area contributed by atoms with E-state index < -0.39 is 0 Å². The van der Waals surface area contributed by atoms with Gasteiger partial charge in [-0.1, -0.05) is 74.6 Å². The molecule has 1 unspecified atom stereocenters. The van der Waals surface area contributed by atoms with Gasteiger partial charge in [0, 0.05) is 35.9 Å². The fourth-order valence-corrected chi connectivity index (χ4v) is 2.94. The van der Waals surface area contributed by atoms with Crippen molar-refractivity contribution in [3.8, 4) is 0 Å². The number of hydrogen-bond acceptors (Lipinski definition) is 3. The van der Waals surface area contributed by atoms with Gasteiger partial charge in [-0.05, 0) is 11.5 Å². The summed E-state index contributed by atoms with van der Waals surface area (Å²) in [5.74, 6) is 0.604. The summed E-state index contributed by atoms with van der Waals surface area (Å²) in [7, 11) is 0. The molecule has 0 spiro atoms. The summed E-state index contributed by atoms with van der Waals surface area (Å²) >= 11 is 5.26. The smallest absolute Gasteiger partial charge is 0.165 e. The van der Waals surface area contributed by atoms with Gasteiger partial charge in [0.1, 0.15) is 0 Å². The van der Waals surface area contributed by atoms with Gasteiger partial charge < -0.3 is 5.32 Å². The van der Waals surface area contributed by atoms with E-state index in [1.165, 1.54) is 5.56 Å². The van der Waals surface area contributed by atoms with Crippen LogP contribution in [0.1, 0.15) is 38.3 Å². The van der Waals surface area contributed by atoms with Gasteiger partial charge in [-0.2, -0.15) is 0 Å². The van der Waals surface area contributed by atoms with Crippen molar-refractivity contribution in [3.05, 3.63) is 59.7 Å². The van der Waals surface area contributed by atoms with Crippen LogP contribution in [-0.2, 0) is 4.79 Å². The summed E-state index contributed by atoms with van der Waals surface area (Å²) in [5.41, 5.74) is 1.97. The zero-order chi connectivity index (χ0) is 15.9. The number of ketones is 1. The predicted molar refractivity (Wildman–Crippen MR) is 96.1 cm³/mol. The lowest BCUT2D eigenvalue weighted by atomic mass is 9.95. The van der Waals surface area contributed by atoms with E-state index in [1.807, 2.05) is 24.3 Å². The molecule has 2 rings (SSSR count). The first-order valence-electron chi connectivity index (χ1n) is 7.81. The van der Waals surface area contributed by atoms with Gasteiger partial charge in [-0.25, -0.2) is 0 Å². The highest BCUT2D eigenvalue weighted by molar-refractivity contribution is 7.81. The molecule has 0 radical (unpaired) electrons. The minimum absolute atomic E-state index is 0.136. The van der Waals surface area contributed by atoms with Crippen molar-refractivity contribution in [3.63, 3.8) is 0 Å². The quantitative estimate of drug-likeness (QED) is 0.765. The molecule has 0 saturated carbocycles. The summed E-state index contributed by atoms with van der Waals surface area (Å²) in [6, 6.07) is 10.6. The lowest BCUT2D eigenvalue weighted by Crippen LogP contribution is -2.28. The molecule has 0 amide bonds. The van der Waals surface area contributed by atoms with Crippen LogP contribution < -0.4 is 5.32 Å². The first kappa shape index (κ1) is 16.8. The molecule has 116 valence electrons. The van der Waals surface area contributed by atoms with E-state index in [9.17, 15) is 4.79 Å². The summed E-state index contributed by atoms with van der Waals surface area (Å²) in [4.78, 5) is 13.0. The van der Waals surface area contributed by atoms with Crippen LogP contribution in [0.4, 0.5) is 0 Å². The average Bonchev–Trinajstić information content (AvgIpc) is 2.52. The Hall–Kier alpha value is -1.58. The molecule has 1 aromatic rings. The van der Waals surface area contributed by atoms with E-state index in [0.29, 0.717) is 30.9 Å². The number of hydrogen-bond donors (Lipinski definition) is 1. The van der Waals surface area contributed by atoms with Gasteiger partial charge in [0.2, 0.25) is 0 Å². The molecule has 1 atom stereocenters. The highest BCUT2D eigenvalue weighted by Crippen LogP contribution is 2.21.